The molecular weight excluding hydrogens is 260 g/mol. The van der Waals surface area contributed by atoms with Gasteiger partial charge in [-0.1, -0.05) is 38.5 Å². The van der Waals surface area contributed by atoms with E-state index in [-0.39, 0.29) is 13.2 Å². The maximum absolute atomic E-state index is 11.2. The maximum atomic E-state index is 11.2. The fourth-order valence-corrected chi connectivity index (χ4v) is 1.84. The van der Waals surface area contributed by atoms with Gasteiger partial charge in [0.1, 0.15) is 0 Å². The van der Waals surface area contributed by atoms with Crippen molar-refractivity contribution in [3.63, 3.8) is 0 Å². The van der Waals surface area contributed by atoms with Gasteiger partial charge in [-0.15, -0.1) is 0 Å². The second-order valence-corrected chi connectivity index (χ2v) is 4.93. The van der Waals surface area contributed by atoms with Gasteiger partial charge in [0.2, 0.25) is 0 Å². The number of aliphatic hydroxyl groups excluding tert-OH is 2. The third-order valence-electron chi connectivity index (χ3n) is 3.04. The van der Waals surface area contributed by atoms with E-state index in [0.717, 1.165) is 64.2 Å². The summed E-state index contributed by atoms with van der Waals surface area (Å²) in [5.41, 5.74) is 0. The molecule has 20 heavy (non-hydrogen) atoms. The number of aliphatic hydroxyl groups is 2. The second kappa shape index (κ2) is 16.2. The van der Waals surface area contributed by atoms with E-state index in [0.29, 0.717) is 13.2 Å². The molecule has 5 nitrogen and oxygen atoms in total. The average Bonchev–Trinajstić information content (AvgIpc) is 2.45. The van der Waals surface area contributed by atoms with Gasteiger partial charge in [-0.05, 0) is 25.7 Å². The van der Waals surface area contributed by atoms with Crippen LogP contribution in [-0.2, 0) is 9.47 Å². The van der Waals surface area contributed by atoms with Gasteiger partial charge in [0.15, 0.2) is 0 Å². The van der Waals surface area contributed by atoms with Crippen molar-refractivity contribution in [1.29, 1.82) is 0 Å². The van der Waals surface area contributed by atoms with Crippen LogP contribution in [0.1, 0.15) is 64.2 Å². The number of unbranched alkanes of at least 4 members (excludes halogenated alkanes) is 8. The molecule has 0 bridgehead atoms. The number of rotatable bonds is 14. The molecule has 0 aromatic rings. The van der Waals surface area contributed by atoms with E-state index in [9.17, 15) is 4.79 Å². The Kier molecular flexibility index (Phi) is 15.6. The summed E-state index contributed by atoms with van der Waals surface area (Å²) >= 11 is 0. The molecule has 0 unspecified atom stereocenters. The quantitative estimate of drug-likeness (QED) is 0.380. The molecule has 0 aliphatic carbocycles. The summed E-state index contributed by atoms with van der Waals surface area (Å²) in [7, 11) is 0. The normalized spacial score (nSPS) is 10.5. The lowest BCUT2D eigenvalue weighted by atomic mass is 10.1. The van der Waals surface area contributed by atoms with Crippen LogP contribution >= 0.6 is 0 Å². The van der Waals surface area contributed by atoms with Crippen LogP contribution in [0.15, 0.2) is 0 Å². The minimum Gasteiger partial charge on any atom is -0.434 e. The Balaban J connectivity index is 3.13. The van der Waals surface area contributed by atoms with Crippen molar-refractivity contribution in [2.24, 2.45) is 0 Å². The third kappa shape index (κ3) is 15.2. The summed E-state index contributed by atoms with van der Waals surface area (Å²) in [6.07, 6.45) is 9.02. The first-order valence-electron chi connectivity index (χ1n) is 7.82. The first-order valence-corrected chi connectivity index (χ1v) is 7.82. The van der Waals surface area contributed by atoms with E-state index < -0.39 is 6.16 Å². The minimum atomic E-state index is -0.573. The molecule has 120 valence electrons. The Morgan fingerprint density at radius 3 is 1.35 bits per heavy atom. The van der Waals surface area contributed by atoms with Crippen molar-refractivity contribution < 1.29 is 24.5 Å². The van der Waals surface area contributed by atoms with Gasteiger partial charge in [0.05, 0.1) is 13.2 Å². The molecule has 0 aromatic heterocycles. The number of hydrogen-bond donors (Lipinski definition) is 2. The van der Waals surface area contributed by atoms with Crippen molar-refractivity contribution in [3.8, 4) is 0 Å². The van der Waals surface area contributed by atoms with Gasteiger partial charge in [-0.25, -0.2) is 4.79 Å². The molecule has 0 atom stereocenters. The van der Waals surface area contributed by atoms with E-state index in [2.05, 4.69) is 0 Å². The van der Waals surface area contributed by atoms with Crippen LogP contribution < -0.4 is 0 Å². The molecule has 0 saturated heterocycles. The van der Waals surface area contributed by atoms with Crippen molar-refractivity contribution in [2.45, 2.75) is 64.2 Å². The van der Waals surface area contributed by atoms with Crippen LogP contribution in [0.25, 0.3) is 0 Å². The Labute approximate surface area is 122 Å². The molecule has 0 radical (unpaired) electrons. The fourth-order valence-electron chi connectivity index (χ4n) is 1.84. The topological polar surface area (TPSA) is 76.0 Å². The van der Waals surface area contributed by atoms with Crippen molar-refractivity contribution >= 4 is 6.16 Å². The Hall–Kier alpha value is -0.810. The molecule has 0 spiro atoms. The monoisotopic (exact) mass is 290 g/mol. The third-order valence-corrected chi connectivity index (χ3v) is 3.04. The predicted octanol–water partition coefficient (Wildman–Crippen LogP) is 3.03. The van der Waals surface area contributed by atoms with Crippen LogP contribution in [0, 0.1) is 0 Å². The van der Waals surface area contributed by atoms with Crippen molar-refractivity contribution in [1.82, 2.24) is 0 Å². The Morgan fingerprint density at radius 1 is 0.600 bits per heavy atom. The molecule has 0 rings (SSSR count). The summed E-state index contributed by atoms with van der Waals surface area (Å²) in [6, 6.07) is 0. The van der Waals surface area contributed by atoms with Gasteiger partial charge in [0.25, 0.3) is 0 Å². The second-order valence-electron chi connectivity index (χ2n) is 4.93. The highest BCUT2D eigenvalue weighted by atomic mass is 16.7. The lowest BCUT2D eigenvalue weighted by Gasteiger charge is -2.06. The van der Waals surface area contributed by atoms with E-state index in [1.807, 2.05) is 0 Å². The first kappa shape index (κ1) is 19.2. The van der Waals surface area contributed by atoms with E-state index in [4.69, 9.17) is 19.7 Å². The van der Waals surface area contributed by atoms with Gasteiger partial charge in [0, 0.05) is 13.2 Å². The minimum absolute atomic E-state index is 0.253. The van der Waals surface area contributed by atoms with E-state index >= 15 is 0 Å². The highest BCUT2D eigenvalue weighted by Crippen LogP contribution is 2.04. The van der Waals surface area contributed by atoms with Crippen LogP contribution in [0.5, 0.6) is 0 Å². The highest BCUT2D eigenvalue weighted by Gasteiger charge is 2.02. The molecule has 5 heteroatoms. The first-order chi connectivity index (χ1) is 9.81. The molecule has 0 heterocycles. The van der Waals surface area contributed by atoms with Gasteiger partial charge in [-0.2, -0.15) is 0 Å². The average molecular weight is 290 g/mol. The van der Waals surface area contributed by atoms with E-state index in [1.165, 1.54) is 0 Å². The number of ether oxygens (including phenoxy) is 2. The lowest BCUT2D eigenvalue weighted by Crippen LogP contribution is -2.09. The molecule has 0 fully saturated rings. The SMILES string of the molecule is O=C(OCCCCCCCO)OCCCCCCCO. The molecule has 0 amide bonds. The fraction of sp³-hybridized carbons (Fsp3) is 0.933. The van der Waals surface area contributed by atoms with Gasteiger partial charge < -0.3 is 19.7 Å². The van der Waals surface area contributed by atoms with Crippen LogP contribution in [0.4, 0.5) is 4.79 Å². The van der Waals surface area contributed by atoms with Crippen molar-refractivity contribution in [2.75, 3.05) is 26.4 Å². The van der Waals surface area contributed by atoms with Crippen LogP contribution in [0.2, 0.25) is 0 Å². The number of hydrogen-bond acceptors (Lipinski definition) is 5. The Bertz CT molecular complexity index is 188. The molecule has 0 saturated carbocycles. The zero-order chi connectivity index (χ0) is 14.9. The maximum Gasteiger partial charge on any atom is 0.508 e. The summed E-state index contributed by atoms with van der Waals surface area (Å²) in [6.45, 7) is 1.33. The standard InChI is InChI=1S/C15H30O5/c16-11-7-3-1-5-9-13-19-15(18)20-14-10-6-2-4-8-12-17/h16-17H,1-14H2. The van der Waals surface area contributed by atoms with Crippen molar-refractivity contribution in [3.05, 3.63) is 0 Å². The molecule has 0 aromatic carbocycles. The van der Waals surface area contributed by atoms with Gasteiger partial charge in [-0.3, -0.25) is 0 Å². The largest absolute Gasteiger partial charge is 0.508 e. The summed E-state index contributed by atoms with van der Waals surface area (Å²) in [5.74, 6) is 0. The zero-order valence-corrected chi connectivity index (χ0v) is 12.5. The smallest absolute Gasteiger partial charge is 0.434 e. The Morgan fingerprint density at radius 2 is 0.950 bits per heavy atom. The van der Waals surface area contributed by atoms with Crippen LogP contribution in [0.3, 0.4) is 0 Å². The lowest BCUT2D eigenvalue weighted by molar-refractivity contribution is 0.0529. The predicted molar refractivity (Wildman–Crippen MR) is 77.6 cm³/mol. The summed E-state index contributed by atoms with van der Waals surface area (Å²) < 4.78 is 9.90. The molecular formula is C15H30O5. The molecule has 0 aliphatic rings. The van der Waals surface area contributed by atoms with Crippen LogP contribution in [-0.4, -0.2) is 42.8 Å². The zero-order valence-electron chi connectivity index (χ0n) is 12.5. The van der Waals surface area contributed by atoms with Gasteiger partial charge >= 0.3 is 6.16 Å². The molecule has 0 aliphatic heterocycles. The number of carbonyl (C=O) groups excluding carboxylic acids is 1. The van der Waals surface area contributed by atoms with E-state index in [1.54, 1.807) is 0 Å². The number of carbonyl (C=O) groups is 1. The summed E-state index contributed by atoms with van der Waals surface area (Å²) in [5, 5.41) is 17.2. The molecule has 2 N–H and O–H groups in total. The highest BCUT2D eigenvalue weighted by molar-refractivity contribution is 5.59. The summed E-state index contributed by atoms with van der Waals surface area (Å²) in [4.78, 5) is 11.2.